The van der Waals surface area contributed by atoms with Gasteiger partial charge in [-0.15, -0.1) is 11.3 Å². The normalized spacial score (nSPS) is 10.8. The summed E-state index contributed by atoms with van der Waals surface area (Å²) in [6.45, 7) is 3.84. The highest BCUT2D eigenvalue weighted by Gasteiger charge is 2.08. The zero-order valence-corrected chi connectivity index (χ0v) is 12.1. The first-order valence-corrected chi connectivity index (χ1v) is 7.67. The van der Waals surface area contributed by atoms with Crippen molar-refractivity contribution in [2.45, 2.75) is 31.9 Å². The number of rotatable bonds is 6. The Morgan fingerprint density at radius 3 is 2.94 bits per heavy atom. The van der Waals surface area contributed by atoms with Gasteiger partial charge in [-0.1, -0.05) is 17.8 Å². The maximum absolute atomic E-state index is 11.7. The Labute approximate surface area is 115 Å². The third-order valence-corrected chi connectivity index (χ3v) is 4.40. The minimum atomic E-state index is 0.227. The summed E-state index contributed by atoms with van der Waals surface area (Å²) in [5.74, 6) is 1.95. The molecule has 0 aliphatic carbocycles. The molecule has 2 heterocycles. The van der Waals surface area contributed by atoms with Gasteiger partial charge in [0.2, 0.25) is 0 Å². The summed E-state index contributed by atoms with van der Waals surface area (Å²) in [4.78, 5) is 16.9. The van der Waals surface area contributed by atoms with Gasteiger partial charge in [-0.3, -0.25) is 4.79 Å². The number of oxazole rings is 1. The predicted molar refractivity (Wildman–Crippen MR) is 74.6 cm³/mol. The number of carbonyl (C=O) groups excluding carboxylic acids is 1. The van der Waals surface area contributed by atoms with Gasteiger partial charge in [-0.25, -0.2) is 4.98 Å². The van der Waals surface area contributed by atoms with Crippen LogP contribution in [-0.4, -0.2) is 16.5 Å². The molecule has 0 amide bonds. The largest absolute Gasteiger partial charge is 0.437 e. The molecule has 2 aromatic rings. The Bertz CT molecular complexity index is 498. The van der Waals surface area contributed by atoms with E-state index in [1.54, 1.807) is 11.8 Å². The average molecular weight is 281 g/mol. The number of hydrogen-bond acceptors (Lipinski definition) is 5. The van der Waals surface area contributed by atoms with E-state index in [1.165, 1.54) is 11.3 Å². The Balaban J connectivity index is 1.72. The summed E-state index contributed by atoms with van der Waals surface area (Å²) in [7, 11) is 0. The summed E-state index contributed by atoms with van der Waals surface area (Å²) >= 11 is 3.07. The van der Waals surface area contributed by atoms with Crippen LogP contribution in [0.25, 0.3) is 0 Å². The van der Waals surface area contributed by atoms with Gasteiger partial charge < -0.3 is 4.42 Å². The van der Waals surface area contributed by atoms with Gasteiger partial charge in [-0.05, 0) is 31.7 Å². The Morgan fingerprint density at radius 2 is 2.33 bits per heavy atom. The van der Waals surface area contributed by atoms with Crippen LogP contribution in [0.15, 0.2) is 27.2 Å². The van der Waals surface area contributed by atoms with Crippen molar-refractivity contribution >= 4 is 28.9 Å². The van der Waals surface area contributed by atoms with Crippen molar-refractivity contribution in [3.63, 3.8) is 0 Å². The molecule has 18 heavy (non-hydrogen) atoms. The van der Waals surface area contributed by atoms with E-state index in [-0.39, 0.29) is 5.78 Å². The molecule has 0 spiro atoms. The quantitative estimate of drug-likeness (QED) is 0.454. The van der Waals surface area contributed by atoms with Crippen LogP contribution in [0.1, 0.15) is 34.0 Å². The smallest absolute Gasteiger partial charge is 0.256 e. The van der Waals surface area contributed by atoms with E-state index in [0.717, 1.165) is 28.5 Å². The molecule has 5 heteroatoms. The fourth-order valence-electron chi connectivity index (χ4n) is 1.46. The van der Waals surface area contributed by atoms with Crippen LogP contribution in [0.3, 0.4) is 0 Å². The number of thiophene rings is 1. The topological polar surface area (TPSA) is 43.1 Å². The second-order valence-electron chi connectivity index (χ2n) is 3.97. The molecule has 0 aliphatic rings. The number of Topliss-reactive ketones (excluding diaryl/α,β-unsaturated/α-hetero) is 1. The van der Waals surface area contributed by atoms with Gasteiger partial charge in [0.25, 0.3) is 5.22 Å². The molecule has 0 aromatic carbocycles. The van der Waals surface area contributed by atoms with Crippen LogP contribution in [0, 0.1) is 13.8 Å². The highest BCUT2D eigenvalue weighted by molar-refractivity contribution is 7.99. The first-order chi connectivity index (χ1) is 8.66. The van der Waals surface area contributed by atoms with Crippen LogP contribution >= 0.6 is 23.1 Å². The minimum absolute atomic E-state index is 0.227. The molecule has 2 aromatic heterocycles. The number of aromatic nitrogens is 1. The number of aryl methyl sites for hydroxylation is 2. The second-order valence-corrected chi connectivity index (χ2v) is 5.97. The fraction of sp³-hybridized carbons (Fsp3) is 0.385. The van der Waals surface area contributed by atoms with E-state index in [4.69, 9.17) is 4.42 Å². The first-order valence-electron chi connectivity index (χ1n) is 5.80. The maximum atomic E-state index is 11.7. The molecule has 2 rings (SSSR count). The molecule has 0 radical (unpaired) electrons. The van der Waals surface area contributed by atoms with Gasteiger partial charge in [0.15, 0.2) is 5.78 Å². The Hall–Kier alpha value is -1.07. The molecule has 0 fully saturated rings. The molecular formula is C13H15NO2S2. The van der Waals surface area contributed by atoms with Crippen LogP contribution in [-0.2, 0) is 0 Å². The van der Waals surface area contributed by atoms with Crippen molar-refractivity contribution in [3.05, 3.63) is 33.8 Å². The molecule has 0 unspecified atom stereocenters. The van der Waals surface area contributed by atoms with E-state index >= 15 is 0 Å². The fourth-order valence-corrected chi connectivity index (χ4v) is 3.00. The lowest BCUT2D eigenvalue weighted by Gasteiger charge is -1.97. The lowest BCUT2D eigenvalue weighted by atomic mass is 10.2. The number of carbonyl (C=O) groups is 1. The zero-order valence-electron chi connectivity index (χ0n) is 10.4. The third-order valence-electron chi connectivity index (χ3n) is 2.58. The van der Waals surface area contributed by atoms with Crippen molar-refractivity contribution in [2.75, 3.05) is 5.75 Å². The van der Waals surface area contributed by atoms with Crippen molar-refractivity contribution < 1.29 is 9.21 Å². The third kappa shape index (κ3) is 3.46. The molecule has 96 valence electrons. The highest BCUT2D eigenvalue weighted by atomic mass is 32.2. The molecule has 0 saturated carbocycles. The average Bonchev–Trinajstić information content (AvgIpc) is 2.96. The lowest BCUT2D eigenvalue weighted by molar-refractivity contribution is 0.0986. The molecule has 0 N–H and O–H groups in total. The van der Waals surface area contributed by atoms with Crippen molar-refractivity contribution in [2.24, 2.45) is 0 Å². The van der Waals surface area contributed by atoms with Crippen LogP contribution < -0.4 is 0 Å². The number of ketones is 1. The van der Waals surface area contributed by atoms with E-state index in [0.29, 0.717) is 11.6 Å². The van der Waals surface area contributed by atoms with Crippen molar-refractivity contribution in [1.29, 1.82) is 0 Å². The monoisotopic (exact) mass is 281 g/mol. The van der Waals surface area contributed by atoms with Crippen molar-refractivity contribution in [1.82, 2.24) is 4.98 Å². The van der Waals surface area contributed by atoms with Crippen molar-refractivity contribution in [3.8, 4) is 0 Å². The number of nitrogens with zero attached hydrogens (tertiary/aromatic N) is 1. The first kappa shape index (κ1) is 13.4. The minimum Gasteiger partial charge on any atom is -0.437 e. The van der Waals surface area contributed by atoms with E-state index in [2.05, 4.69) is 4.98 Å². The van der Waals surface area contributed by atoms with Gasteiger partial charge >= 0.3 is 0 Å². The van der Waals surface area contributed by atoms with Gasteiger partial charge in [0.05, 0.1) is 10.6 Å². The molecule has 0 atom stereocenters. The van der Waals surface area contributed by atoms with E-state index in [1.807, 2.05) is 31.4 Å². The number of hydrogen-bond donors (Lipinski definition) is 0. The lowest BCUT2D eigenvalue weighted by Crippen LogP contribution is -1.96. The van der Waals surface area contributed by atoms with E-state index in [9.17, 15) is 4.79 Å². The summed E-state index contributed by atoms with van der Waals surface area (Å²) in [5, 5.41) is 2.63. The highest BCUT2D eigenvalue weighted by Crippen LogP contribution is 2.21. The zero-order chi connectivity index (χ0) is 13.0. The predicted octanol–water partition coefficient (Wildman–Crippen LogP) is 4.11. The SMILES string of the molecule is Cc1nc(SCCCC(=O)c2cccs2)oc1C. The second kappa shape index (κ2) is 6.20. The van der Waals surface area contributed by atoms with Crippen LogP contribution in [0.5, 0.6) is 0 Å². The summed E-state index contributed by atoms with van der Waals surface area (Å²) < 4.78 is 5.46. The van der Waals surface area contributed by atoms with Crippen LogP contribution in [0.4, 0.5) is 0 Å². The molecule has 0 bridgehead atoms. The summed E-state index contributed by atoms with van der Waals surface area (Å²) in [5.41, 5.74) is 0.937. The van der Waals surface area contributed by atoms with Crippen LogP contribution in [0.2, 0.25) is 0 Å². The summed E-state index contributed by atoms with van der Waals surface area (Å²) in [6.07, 6.45) is 1.44. The number of thioether (sulfide) groups is 1. The Kier molecular flexibility index (Phi) is 4.60. The summed E-state index contributed by atoms with van der Waals surface area (Å²) in [6, 6.07) is 3.78. The van der Waals surface area contributed by atoms with Gasteiger partial charge in [0, 0.05) is 12.2 Å². The standard InChI is InChI=1S/C13H15NO2S2/c1-9-10(2)16-13(14-9)18-8-3-5-11(15)12-6-4-7-17-12/h4,6-7H,3,5,8H2,1-2H3. The van der Waals surface area contributed by atoms with Gasteiger partial charge in [-0.2, -0.15) is 0 Å². The molecule has 0 aliphatic heterocycles. The maximum Gasteiger partial charge on any atom is 0.256 e. The van der Waals surface area contributed by atoms with Gasteiger partial charge in [0.1, 0.15) is 5.76 Å². The van der Waals surface area contributed by atoms with E-state index < -0.39 is 0 Å². The molecule has 0 saturated heterocycles. The Morgan fingerprint density at radius 1 is 1.50 bits per heavy atom. The molecular weight excluding hydrogens is 266 g/mol. The molecule has 3 nitrogen and oxygen atoms in total.